The molecule has 0 aromatic heterocycles. The Hall–Kier alpha value is -0.200. The van der Waals surface area contributed by atoms with E-state index in [2.05, 4.69) is 17.6 Å². The van der Waals surface area contributed by atoms with Gasteiger partial charge in [-0.25, -0.2) is 0 Å². The molecule has 1 aliphatic rings. The van der Waals surface area contributed by atoms with Crippen molar-refractivity contribution >= 4 is 11.8 Å². The minimum Gasteiger partial charge on any atom is -0.314 e. The summed E-state index contributed by atoms with van der Waals surface area (Å²) in [5.74, 6) is 0. The molecule has 3 heteroatoms. The molecule has 1 saturated carbocycles. The molecular weight excluding hydrogens is 216 g/mol. The van der Waals surface area contributed by atoms with E-state index in [1.165, 1.54) is 19.3 Å². The largest absolute Gasteiger partial charge is 0.314 e. The highest BCUT2D eigenvalue weighted by Crippen LogP contribution is 2.28. The van der Waals surface area contributed by atoms with Crippen molar-refractivity contribution in [2.45, 2.75) is 57.2 Å². The molecule has 1 fully saturated rings. The highest BCUT2D eigenvalue weighted by molar-refractivity contribution is 7.99. The van der Waals surface area contributed by atoms with Crippen molar-refractivity contribution in [1.29, 1.82) is 5.26 Å². The van der Waals surface area contributed by atoms with E-state index in [1.54, 1.807) is 0 Å². The SMILES string of the molecule is CSC1CCC(NCCCC(C)(C)C#N)C1. The molecule has 0 spiro atoms. The molecule has 0 radical (unpaired) electrons. The highest BCUT2D eigenvalue weighted by atomic mass is 32.2. The standard InChI is InChI=1S/C13H24N2S/c1-13(2,10-14)7-4-8-15-11-5-6-12(9-11)16-3/h11-12,15H,4-9H2,1-3H3. The molecule has 2 atom stereocenters. The average Bonchev–Trinajstić information content (AvgIpc) is 2.72. The average molecular weight is 240 g/mol. The van der Waals surface area contributed by atoms with Gasteiger partial charge in [-0.3, -0.25) is 0 Å². The van der Waals surface area contributed by atoms with Gasteiger partial charge in [-0.05, 0) is 58.8 Å². The Morgan fingerprint density at radius 3 is 2.75 bits per heavy atom. The van der Waals surface area contributed by atoms with Gasteiger partial charge in [-0.15, -0.1) is 0 Å². The van der Waals surface area contributed by atoms with Crippen LogP contribution < -0.4 is 5.32 Å². The lowest BCUT2D eigenvalue weighted by Gasteiger charge is -2.17. The van der Waals surface area contributed by atoms with Crippen molar-refractivity contribution in [2.75, 3.05) is 12.8 Å². The van der Waals surface area contributed by atoms with Crippen molar-refractivity contribution in [1.82, 2.24) is 5.32 Å². The maximum Gasteiger partial charge on any atom is 0.0683 e. The van der Waals surface area contributed by atoms with Gasteiger partial charge in [-0.1, -0.05) is 0 Å². The summed E-state index contributed by atoms with van der Waals surface area (Å²) < 4.78 is 0. The van der Waals surface area contributed by atoms with Gasteiger partial charge in [0.2, 0.25) is 0 Å². The number of rotatable bonds is 6. The van der Waals surface area contributed by atoms with E-state index in [9.17, 15) is 0 Å². The van der Waals surface area contributed by atoms with E-state index in [0.29, 0.717) is 0 Å². The lowest BCUT2D eigenvalue weighted by Crippen LogP contribution is -2.28. The molecule has 0 bridgehead atoms. The van der Waals surface area contributed by atoms with Crippen LogP contribution in [-0.2, 0) is 0 Å². The van der Waals surface area contributed by atoms with E-state index in [4.69, 9.17) is 5.26 Å². The molecule has 1 aliphatic carbocycles. The van der Waals surface area contributed by atoms with Gasteiger partial charge < -0.3 is 5.32 Å². The molecule has 0 aromatic rings. The Balaban J connectivity index is 2.07. The summed E-state index contributed by atoms with van der Waals surface area (Å²) in [6, 6.07) is 3.08. The summed E-state index contributed by atoms with van der Waals surface area (Å²) in [7, 11) is 0. The smallest absolute Gasteiger partial charge is 0.0683 e. The molecule has 2 nitrogen and oxygen atoms in total. The fourth-order valence-electron chi connectivity index (χ4n) is 2.23. The van der Waals surface area contributed by atoms with Crippen LogP contribution in [0.2, 0.25) is 0 Å². The molecule has 0 saturated heterocycles. The molecule has 0 heterocycles. The molecule has 0 amide bonds. The van der Waals surface area contributed by atoms with Crippen molar-refractivity contribution in [2.24, 2.45) is 5.41 Å². The zero-order chi connectivity index (χ0) is 12.0. The minimum atomic E-state index is -0.154. The van der Waals surface area contributed by atoms with E-state index in [1.807, 2.05) is 25.6 Å². The normalized spacial score (nSPS) is 25.6. The van der Waals surface area contributed by atoms with Crippen LogP contribution in [0.5, 0.6) is 0 Å². The zero-order valence-electron chi connectivity index (χ0n) is 10.8. The van der Waals surface area contributed by atoms with Crippen molar-refractivity contribution in [3.05, 3.63) is 0 Å². The minimum absolute atomic E-state index is 0.154. The monoisotopic (exact) mass is 240 g/mol. The van der Waals surface area contributed by atoms with E-state index >= 15 is 0 Å². The lowest BCUT2D eigenvalue weighted by atomic mass is 9.90. The number of hydrogen-bond donors (Lipinski definition) is 1. The summed E-state index contributed by atoms with van der Waals surface area (Å²) in [6.45, 7) is 5.11. The first-order valence-electron chi connectivity index (χ1n) is 6.25. The van der Waals surface area contributed by atoms with Crippen molar-refractivity contribution in [3.63, 3.8) is 0 Å². The third kappa shape index (κ3) is 4.76. The Bertz CT molecular complexity index is 245. The predicted molar refractivity (Wildman–Crippen MR) is 71.6 cm³/mol. The maximum atomic E-state index is 8.90. The Morgan fingerprint density at radius 1 is 1.44 bits per heavy atom. The molecule has 0 aliphatic heterocycles. The molecule has 0 aromatic carbocycles. The van der Waals surface area contributed by atoms with Crippen LogP contribution in [0.1, 0.15) is 46.0 Å². The summed E-state index contributed by atoms with van der Waals surface area (Å²) >= 11 is 2.00. The summed E-state index contributed by atoms with van der Waals surface area (Å²) in [5, 5.41) is 13.4. The molecule has 2 unspecified atom stereocenters. The Morgan fingerprint density at radius 2 is 2.19 bits per heavy atom. The van der Waals surface area contributed by atoms with Crippen LogP contribution in [0.3, 0.4) is 0 Å². The van der Waals surface area contributed by atoms with E-state index in [0.717, 1.165) is 30.7 Å². The van der Waals surface area contributed by atoms with Gasteiger partial charge in [0, 0.05) is 11.3 Å². The van der Waals surface area contributed by atoms with Gasteiger partial charge >= 0.3 is 0 Å². The summed E-state index contributed by atoms with van der Waals surface area (Å²) in [4.78, 5) is 0. The Labute approximate surface area is 104 Å². The van der Waals surface area contributed by atoms with Gasteiger partial charge in [-0.2, -0.15) is 17.0 Å². The third-order valence-corrected chi connectivity index (χ3v) is 4.53. The molecule has 92 valence electrons. The van der Waals surface area contributed by atoms with Crippen LogP contribution in [0.15, 0.2) is 0 Å². The van der Waals surface area contributed by atoms with E-state index < -0.39 is 0 Å². The van der Waals surface area contributed by atoms with Gasteiger partial charge in [0.15, 0.2) is 0 Å². The van der Waals surface area contributed by atoms with Crippen molar-refractivity contribution < 1.29 is 0 Å². The van der Waals surface area contributed by atoms with Crippen LogP contribution in [-0.4, -0.2) is 24.1 Å². The quantitative estimate of drug-likeness (QED) is 0.724. The number of hydrogen-bond acceptors (Lipinski definition) is 3. The number of nitrogens with one attached hydrogen (secondary N) is 1. The number of nitrogens with zero attached hydrogens (tertiary/aromatic N) is 1. The second kappa shape index (κ2) is 6.51. The van der Waals surface area contributed by atoms with Crippen LogP contribution >= 0.6 is 11.8 Å². The molecule has 1 N–H and O–H groups in total. The van der Waals surface area contributed by atoms with Gasteiger partial charge in [0.05, 0.1) is 11.5 Å². The summed E-state index contributed by atoms with van der Waals surface area (Å²) in [6.07, 6.45) is 8.33. The fourth-order valence-corrected chi connectivity index (χ4v) is 3.03. The van der Waals surface area contributed by atoms with Crippen molar-refractivity contribution in [3.8, 4) is 6.07 Å². The first-order valence-corrected chi connectivity index (χ1v) is 7.53. The molecular formula is C13H24N2S. The van der Waals surface area contributed by atoms with E-state index in [-0.39, 0.29) is 5.41 Å². The third-order valence-electron chi connectivity index (χ3n) is 3.43. The van der Waals surface area contributed by atoms with Crippen LogP contribution in [0.4, 0.5) is 0 Å². The van der Waals surface area contributed by atoms with Crippen LogP contribution in [0.25, 0.3) is 0 Å². The summed E-state index contributed by atoms with van der Waals surface area (Å²) in [5.41, 5.74) is -0.154. The highest BCUT2D eigenvalue weighted by Gasteiger charge is 2.23. The second-order valence-electron chi connectivity index (χ2n) is 5.42. The topological polar surface area (TPSA) is 35.8 Å². The van der Waals surface area contributed by atoms with Crippen LogP contribution in [0, 0.1) is 16.7 Å². The fraction of sp³-hybridized carbons (Fsp3) is 0.923. The van der Waals surface area contributed by atoms with Gasteiger partial charge in [0.1, 0.15) is 0 Å². The number of thioether (sulfide) groups is 1. The lowest BCUT2D eigenvalue weighted by molar-refractivity contribution is 0.412. The molecule has 1 rings (SSSR count). The first kappa shape index (κ1) is 13.9. The molecule has 16 heavy (non-hydrogen) atoms. The Kier molecular flexibility index (Phi) is 5.64. The first-order chi connectivity index (χ1) is 7.57. The van der Waals surface area contributed by atoms with Gasteiger partial charge in [0.25, 0.3) is 0 Å². The predicted octanol–water partition coefficient (Wildman–Crippen LogP) is 3.19. The number of nitriles is 1. The zero-order valence-corrected chi connectivity index (χ0v) is 11.6. The second-order valence-corrected chi connectivity index (χ2v) is 6.56. The maximum absolute atomic E-state index is 8.90.